The predicted octanol–water partition coefficient (Wildman–Crippen LogP) is 5.12. The summed E-state index contributed by atoms with van der Waals surface area (Å²) in [6.07, 6.45) is 0.108. The maximum atomic E-state index is 13.2. The Bertz CT molecular complexity index is 794. The van der Waals surface area contributed by atoms with Crippen LogP contribution in [0.25, 0.3) is 10.1 Å². The Balaban J connectivity index is 1.95. The van der Waals surface area contributed by atoms with Crippen LogP contribution < -0.4 is 0 Å². The third-order valence-electron chi connectivity index (χ3n) is 3.14. The van der Waals surface area contributed by atoms with Crippen LogP contribution in [0.1, 0.15) is 15.9 Å². The molecular weight excluding hydrogens is 295 g/mol. The normalized spacial score (nSPS) is 10.9. The van der Waals surface area contributed by atoms with Crippen molar-refractivity contribution in [2.75, 3.05) is 0 Å². The Hall–Kier alpha value is -1.71. The van der Waals surface area contributed by atoms with E-state index in [0.29, 0.717) is 16.1 Å². The maximum absolute atomic E-state index is 13.2. The topological polar surface area (TPSA) is 17.1 Å². The monoisotopic (exact) mass is 304 g/mol. The van der Waals surface area contributed by atoms with Crippen LogP contribution in [-0.4, -0.2) is 5.78 Å². The van der Waals surface area contributed by atoms with E-state index in [1.54, 1.807) is 0 Å². The van der Waals surface area contributed by atoms with Gasteiger partial charge >= 0.3 is 0 Å². The second-order valence-electron chi connectivity index (χ2n) is 4.48. The molecule has 0 unspecified atom stereocenters. The lowest BCUT2D eigenvalue weighted by atomic mass is 10.0. The number of benzene rings is 2. The number of thiophene rings is 1. The van der Waals surface area contributed by atoms with Crippen LogP contribution in [0.2, 0.25) is 5.02 Å². The van der Waals surface area contributed by atoms with Crippen LogP contribution in [0, 0.1) is 5.82 Å². The molecule has 0 atom stereocenters. The number of carbonyl (C=O) groups excluding carboxylic acids is 1. The van der Waals surface area contributed by atoms with Crippen LogP contribution in [0.4, 0.5) is 4.39 Å². The minimum absolute atomic E-state index is 0.0463. The van der Waals surface area contributed by atoms with E-state index in [2.05, 4.69) is 0 Å². The van der Waals surface area contributed by atoms with Gasteiger partial charge in [-0.1, -0.05) is 29.8 Å². The zero-order chi connectivity index (χ0) is 14.1. The van der Waals surface area contributed by atoms with Gasteiger partial charge in [0.05, 0.1) is 0 Å². The Labute approximate surface area is 124 Å². The van der Waals surface area contributed by atoms with Gasteiger partial charge < -0.3 is 0 Å². The van der Waals surface area contributed by atoms with Crippen LogP contribution in [0.5, 0.6) is 0 Å². The molecule has 4 heteroatoms. The molecule has 20 heavy (non-hydrogen) atoms. The molecule has 2 aromatic carbocycles. The van der Waals surface area contributed by atoms with E-state index >= 15 is 0 Å². The molecule has 0 radical (unpaired) electrons. The van der Waals surface area contributed by atoms with Gasteiger partial charge in [0.2, 0.25) is 0 Å². The molecule has 0 aliphatic carbocycles. The summed E-state index contributed by atoms with van der Waals surface area (Å²) >= 11 is 7.54. The Morgan fingerprint density at radius 1 is 1.20 bits per heavy atom. The zero-order valence-corrected chi connectivity index (χ0v) is 12.0. The van der Waals surface area contributed by atoms with Gasteiger partial charge in [0.25, 0.3) is 0 Å². The molecule has 0 amide bonds. The number of ketones is 1. The van der Waals surface area contributed by atoms with Crippen molar-refractivity contribution in [3.63, 3.8) is 0 Å². The van der Waals surface area contributed by atoms with Gasteiger partial charge in [-0.15, -0.1) is 11.3 Å². The van der Waals surface area contributed by atoms with Crippen LogP contribution in [0.3, 0.4) is 0 Å². The summed E-state index contributed by atoms with van der Waals surface area (Å²) in [6, 6.07) is 11.8. The highest BCUT2D eigenvalue weighted by atomic mass is 35.5. The van der Waals surface area contributed by atoms with E-state index in [0.717, 1.165) is 10.1 Å². The quantitative estimate of drug-likeness (QED) is 0.614. The molecule has 0 saturated carbocycles. The van der Waals surface area contributed by atoms with E-state index < -0.39 is 0 Å². The first kappa shape index (κ1) is 13.3. The number of hydrogen-bond acceptors (Lipinski definition) is 2. The van der Waals surface area contributed by atoms with Gasteiger partial charge in [0.1, 0.15) is 5.82 Å². The molecule has 0 fully saturated rings. The minimum Gasteiger partial charge on any atom is -0.294 e. The highest BCUT2D eigenvalue weighted by Crippen LogP contribution is 2.27. The molecule has 0 spiro atoms. The molecule has 1 nitrogen and oxygen atoms in total. The fraction of sp³-hybridized carbons (Fsp3) is 0.0625. The molecule has 100 valence electrons. The van der Waals surface area contributed by atoms with Crippen LogP contribution in [0.15, 0.2) is 47.8 Å². The van der Waals surface area contributed by atoms with Crippen molar-refractivity contribution in [3.05, 3.63) is 69.8 Å². The first-order valence-corrected chi connectivity index (χ1v) is 7.34. The largest absolute Gasteiger partial charge is 0.294 e. The number of Topliss-reactive ketones (excluding diaryl/α,β-unsaturated/α-hetero) is 1. The molecule has 3 rings (SSSR count). The lowest BCUT2D eigenvalue weighted by molar-refractivity contribution is 0.0995. The van der Waals surface area contributed by atoms with Crippen LogP contribution >= 0.6 is 22.9 Å². The third-order valence-corrected chi connectivity index (χ3v) is 4.47. The molecule has 0 saturated heterocycles. The van der Waals surface area contributed by atoms with Gasteiger partial charge in [-0.25, -0.2) is 4.39 Å². The molecule has 0 bridgehead atoms. The van der Waals surface area contributed by atoms with Crippen molar-refractivity contribution in [1.29, 1.82) is 0 Å². The van der Waals surface area contributed by atoms with Crippen molar-refractivity contribution < 1.29 is 9.18 Å². The average Bonchev–Trinajstić information content (AvgIpc) is 2.87. The van der Waals surface area contributed by atoms with E-state index in [9.17, 15) is 9.18 Å². The predicted molar refractivity (Wildman–Crippen MR) is 81.3 cm³/mol. The zero-order valence-electron chi connectivity index (χ0n) is 10.4. The molecule has 1 aromatic heterocycles. The highest BCUT2D eigenvalue weighted by molar-refractivity contribution is 7.17. The highest BCUT2D eigenvalue weighted by Gasteiger charge is 2.14. The first-order chi connectivity index (χ1) is 9.65. The molecular formula is C16H10ClFOS. The summed E-state index contributed by atoms with van der Waals surface area (Å²) in [5.74, 6) is -0.428. The van der Waals surface area contributed by atoms with Crippen LogP contribution in [-0.2, 0) is 6.42 Å². The lowest BCUT2D eigenvalue weighted by Crippen LogP contribution is -2.03. The van der Waals surface area contributed by atoms with Crippen molar-refractivity contribution in [2.45, 2.75) is 6.42 Å². The second kappa shape index (κ2) is 5.35. The summed E-state index contributed by atoms with van der Waals surface area (Å²) in [6.45, 7) is 0. The SMILES string of the molecule is O=C(Cc1cc(F)ccc1Cl)c1csc2ccccc12. The Morgan fingerprint density at radius 3 is 2.85 bits per heavy atom. The Kier molecular flexibility index (Phi) is 3.55. The number of hydrogen-bond donors (Lipinski definition) is 0. The second-order valence-corrected chi connectivity index (χ2v) is 5.80. The summed E-state index contributed by atoms with van der Waals surface area (Å²) in [4.78, 5) is 12.4. The van der Waals surface area contributed by atoms with Crippen molar-refractivity contribution >= 4 is 38.8 Å². The smallest absolute Gasteiger partial charge is 0.168 e. The maximum Gasteiger partial charge on any atom is 0.168 e. The van der Waals surface area contributed by atoms with Gasteiger partial charge in [0, 0.05) is 32.5 Å². The summed E-state index contributed by atoms with van der Waals surface area (Å²) in [5.41, 5.74) is 1.19. The summed E-state index contributed by atoms with van der Waals surface area (Å²) in [5, 5.41) is 3.20. The van der Waals surface area contributed by atoms with Crippen molar-refractivity contribution in [3.8, 4) is 0 Å². The van der Waals surface area contributed by atoms with Gasteiger partial charge in [-0.05, 0) is 29.8 Å². The minimum atomic E-state index is -0.382. The van der Waals surface area contributed by atoms with Crippen molar-refractivity contribution in [2.24, 2.45) is 0 Å². The number of fused-ring (bicyclic) bond motifs is 1. The van der Waals surface area contributed by atoms with E-state index in [-0.39, 0.29) is 18.0 Å². The fourth-order valence-electron chi connectivity index (χ4n) is 2.14. The molecule has 3 aromatic rings. The first-order valence-electron chi connectivity index (χ1n) is 6.08. The number of carbonyl (C=O) groups is 1. The molecule has 0 aliphatic rings. The number of rotatable bonds is 3. The van der Waals surface area contributed by atoms with E-state index in [1.165, 1.54) is 29.5 Å². The fourth-order valence-corrected chi connectivity index (χ4v) is 3.29. The van der Waals surface area contributed by atoms with E-state index in [4.69, 9.17) is 11.6 Å². The molecule has 0 N–H and O–H groups in total. The third kappa shape index (κ3) is 2.47. The van der Waals surface area contributed by atoms with Gasteiger partial charge in [0.15, 0.2) is 5.78 Å². The summed E-state index contributed by atoms with van der Waals surface area (Å²) < 4.78 is 14.3. The lowest BCUT2D eigenvalue weighted by Gasteiger charge is -2.03. The van der Waals surface area contributed by atoms with E-state index in [1.807, 2.05) is 29.6 Å². The Morgan fingerprint density at radius 2 is 2.00 bits per heavy atom. The standard InChI is InChI=1S/C16H10ClFOS/c17-14-6-5-11(18)7-10(14)8-15(19)13-9-20-16-4-2-1-3-12(13)16/h1-7,9H,8H2. The molecule has 0 aliphatic heterocycles. The van der Waals surface area contributed by atoms with Gasteiger partial charge in [-0.3, -0.25) is 4.79 Å². The number of halogens is 2. The summed E-state index contributed by atoms with van der Waals surface area (Å²) in [7, 11) is 0. The average molecular weight is 305 g/mol. The molecule has 1 heterocycles. The van der Waals surface area contributed by atoms with Crippen molar-refractivity contribution in [1.82, 2.24) is 0 Å². The van der Waals surface area contributed by atoms with Gasteiger partial charge in [-0.2, -0.15) is 0 Å².